The van der Waals surface area contributed by atoms with Crippen molar-refractivity contribution in [2.45, 2.75) is 18.3 Å². The summed E-state index contributed by atoms with van der Waals surface area (Å²) >= 11 is 7.43. The molecule has 0 unspecified atom stereocenters. The molecular weight excluding hydrogens is 484 g/mol. The fourth-order valence-electron chi connectivity index (χ4n) is 4.73. The van der Waals surface area contributed by atoms with Crippen molar-refractivity contribution in [3.05, 3.63) is 128 Å². The molecule has 5 rings (SSSR count). The van der Waals surface area contributed by atoms with E-state index in [1.54, 1.807) is 0 Å². The first kappa shape index (κ1) is 18.8. The van der Waals surface area contributed by atoms with Crippen LogP contribution in [0.3, 0.4) is 0 Å². The number of fused-ring (bicyclic) bond motifs is 3. The van der Waals surface area contributed by atoms with Gasteiger partial charge in [0.2, 0.25) is 0 Å². The Balaban J connectivity index is 1.84. The molecule has 1 aliphatic carbocycles. The Morgan fingerprint density at radius 2 is 0.966 bits per heavy atom. The standard InChI is InChI=1S/C27H20Br2/c28-23-11-5-9-21(15-23)27(22-10-6-12-24(29)16-22)17-19-7-1-3-13-25(19)26-14-4-2-8-20(26)18-27/h1-16H,17-18H2. The predicted octanol–water partition coefficient (Wildman–Crippen LogP) is 7.96. The van der Waals surface area contributed by atoms with Crippen LogP contribution in [-0.4, -0.2) is 0 Å². The summed E-state index contributed by atoms with van der Waals surface area (Å²) in [6.45, 7) is 0. The second-order valence-electron chi connectivity index (χ2n) is 7.77. The van der Waals surface area contributed by atoms with Crippen molar-refractivity contribution >= 4 is 31.9 Å². The second kappa shape index (κ2) is 7.59. The number of rotatable bonds is 2. The molecule has 0 aliphatic heterocycles. The summed E-state index contributed by atoms with van der Waals surface area (Å²) in [6, 6.07) is 35.4. The molecule has 0 radical (unpaired) electrons. The first-order valence-electron chi connectivity index (χ1n) is 9.84. The van der Waals surface area contributed by atoms with E-state index in [0.29, 0.717) is 0 Å². The first-order valence-corrected chi connectivity index (χ1v) is 11.4. The topological polar surface area (TPSA) is 0 Å². The van der Waals surface area contributed by atoms with Crippen LogP contribution in [0.4, 0.5) is 0 Å². The summed E-state index contributed by atoms with van der Waals surface area (Å²) in [4.78, 5) is 0. The summed E-state index contributed by atoms with van der Waals surface area (Å²) < 4.78 is 2.24. The molecule has 0 saturated heterocycles. The SMILES string of the molecule is Brc1cccc(C2(c3cccc(Br)c3)Cc3ccccc3-c3ccccc3C2)c1. The third-order valence-electron chi connectivity index (χ3n) is 6.06. The van der Waals surface area contributed by atoms with Gasteiger partial charge >= 0.3 is 0 Å². The number of hydrogen-bond acceptors (Lipinski definition) is 0. The summed E-state index contributed by atoms with van der Waals surface area (Å²) in [7, 11) is 0. The van der Waals surface area contributed by atoms with Gasteiger partial charge in [-0.1, -0.05) is 105 Å². The van der Waals surface area contributed by atoms with Gasteiger partial charge in [0, 0.05) is 14.4 Å². The molecule has 0 atom stereocenters. The minimum absolute atomic E-state index is 0.143. The Hall–Kier alpha value is -2.16. The predicted molar refractivity (Wildman–Crippen MR) is 128 cm³/mol. The zero-order chi connectivity index (χ0) is 19.8. The van der Waals surface area contributed by atoms with Crippen molar-refractivity contribution in [3.63, 3.8) is 0 Å². The van der Waals surface area contributed by atoms with Crippen molar-refractivity contribution < 1.29 is 0 Å². The molecule has 0 N–H and O–H groups in total. The highest BCUT2D eigenvalue weighted by Crippen LogP contribution is 2.46. The zero-order valence-electron chi connectivity index (χ0n) is 15.9. The summed E-state index contributed by atoms with van der Waals surface area (Å²) in [5.41, 5.74) is 8.06. The largest absolute Gasteiger partial charge is 0.0620 e. The molecule has 4 aromatic rings. The van der Waals surface area contributed by atoms with Gasteiger partial charge in [-0.25, -0.2) is 0 Å². The minimum Gasteiger partial charge on any atom is -0.0620 e. The van der Waals surface area contributed by atoms with E-state index in [-0.39, 0.29) is 5.41 Å². The number of halogens is 2. The van der Waals surface area contributed by atoms with Crippen LogP contribution >= 0.6 is 31.9 Å². The number of hydrogen-bond donors (Lipinski definition) is 0. The van der Waals surface area contributed by atoms with Crippen LogP contribution in [0, 0.1) is 0 Å². The van der Waals surface area contributed by atoms with E-state index >= 15 is 0 Å². The molecule has 142 valence electrons. The summed E-state index contributed by atoms with van der Waals surface area (Å²) in [5.74, 6) is 0. The monoisotopic (exact) mass is 502 g/mol. The Bertz CT molecular complexity index is 1100. The van der Waals surface area contributed by atoms with Gasteiger partial charge in [-0.05, 0) is 70.5 Å². The maximum absolute atomic E-state index is 3.71. The molecule has 0 bridgehead atoms. The van der Waals surface area contributed by atoms with Crippen molar-refractivity contribution in [1.29, 1.82) is 0 Å². The van der Waals surface area contributed by atoms with Gasteiger partial charge in [-0.2, -0.15) is 0 Å². The first-order chi connectivity index (χ1) is 14.2. The lowest BCUT2D eigenvalue weighted by Crippen LogP contribution is -2.32. The van der Waals surface area contributed by atoms with Crippen LogP contribution in [0.2, 0.25) is 0 Å². The molecule has 0 heterocycles. The van der Waals surface area contributed by atoms with E-state index in [0.717, 1.165) is 21.8 Å². The average Bonchev–Trinajstić information content (AvgIpc) is 2.89. The van der Waals surface area contributed by atoms with Crippen molar-refractivity contribution in [2.75, 3.05) is 0 Å². The molecule has 0 aromatic heterocycles. The lowest BCUT2D eigenvalue weighted by molar-refractivity contribution is 0.511. The van der Waals surface area contributed by atoms with Crippen LogP contribution < -0.4 is 0 Å². The van der Waals surface area contributed by atoms with E-state index in [1.165, 1.54) is 33.4 Å². The molecule has 0 nitrogen and oxygen atoms in total. The maximum Gasteiger partial charge on any atom is 0.0284 e. The van der Waals surface area contributed by atoms with Gasteiger partial charge in [-0.3, -0.25) is 0 Å². The second-order valence-corrected chi connectivity index (χ2v) is 9.60. The molecule has 0 fully saturated rings. The highest BCUT2D eigenvalue weighted by molar-refractivity contribution is 9.10. The molecule has 0 spiro atoms. The molecule has 4 aromatic carbocycles. The van der Waals surface area contributed by atoms with Crippen molar-refractivity contribution in [2.24, 2.45) is 0 Å². The fourth-order valence-corrected chi connectivity index (χ4v) is 5.53. The van der Waals surface area contributed by atoms with Gasteiger partial charge in [0.1, 0.15) is 0 Å². The van der Waals surface area contributed by atoms with E-state index in [1.807, 2.05) is 0 Å². The summed E-state index contributed by atoms with van der Waals surface area (Å²) in [6.07, 6.45) is 1.93. The summed E-state index contributed by atoms with van der Waals surface area (Å²) in [5, 5.41) is 0. The van der Waals surface area contributed by atoms with E-state index in [4.69, 9.17) is 0 Å². The van der Waals surface area contributed by atoms with Crippen LogP contribution in [0.15, 0.2) is 106 Å². The Morgan fingerprint density at radius 1 is 0.517 bits per heavy atom. The lowest BCUT2D eigenvalue weighted by atomic mass is 9.68. The normalized spacial score (nSPS) is 14.6. The Morgan fingerprint density at radius 3 is 1.41 bits per heavy atom. The van der Waals surface area contributed by atoms with Crippen LogP contribution in [0.1, 0.15) is 22.3 Å². The van der Waals surface area contributed by atoms with Gasteiger partial charge in [0.05, 0.1) is 0 Å². The zero-order valence-corrected chi connectivity index (χ0v) is 19.1. The lowest BCUT2D eigenvalue weighted by Gasteiger charge is -2.35. The van der Waals surface area contributed by atoms with E-state index < -0.39 is 0 Å². The number of benzene rings is 4. The molecular formula is C27H20Br2. The molecule has 0 amide bonds. The molecule has 1 aliphatic rings. The molecule has 29 heavy (non-hydrogen) atoms. The van der Waals surface area contributed by atoms with Crippen LogP contribution in [0.5, 0.6) is 0 Å². The van der Waals surface area contributed by atoms with E-state index in [9.17, 15) is 0 Å². The quantitative estimate of drug-likeness (QED) is 0.260. The minimum atomic E-state index is -0.143. The fraction of sp³-hybridized carbons (Fsp3) is 0.111. The van der Waals surface area contributed by atoms with Crippen LogP contribution in [-0.2, 0) is 18.3 Å². The Kier molecular flexibility index (Phi) is 4.93. The highest BCUT2D eigenvalue weighted by Gasteiger charge is 2.38. The van der Waals surface area contributed by atoms with Gasteiger partial charge < -0.3 is 0 Å². The molecule has 0 saturated carbocycles. The molecule has 2 heteroatoms. The van der Waals surface area contributed by atoms with Crippen molar-refractivity contribution in [3.8, 4) is 11.1 Å². The smallest absolute Gasteiger partial charge is 0.0284 e. The highest BCUT2D eigenvalue weighted by atomic mass is 79.9. The third kappa shape index (κ3) is 3.39. The maximum atomic E-state index is 3.71. The van der Waals surface area contributed by atoms with E-state index in [2.05, 4.69) is 129 Å². The third-order valence-corrected chi connectivity index (χ3v) is 7.05. The van der Waals surface area contributed by atoms with Crippen LogP contribution in [0.25, 0.3) is 11.1 Å². The van der Waals surface area contributed by atoms with Gasteiger partial charge in [0.15, 0.2) is 0 Å². The van der Waals surface area contributed by atoms with Gasteiger partial charge in [0.25, 0.3) is 0 Å². The average molecular weight is 504 g/mol. The van der Waals surface area contributed by atoms with Crippen molar-refractivity contribution in [1.82, 2.24) is 0 Å². The Labute approximate surface area is 188 Å². The van der Waals surface area contributed by atoms with Gasteiger partial charge in [-0.15, -0.1) is 0 Å².